The van der Waals surface area contributed by atoms with Gasteiger partial charge in [-0.3, -0.25) is 9.98 Å². The molecule has 0 atom stereocenters. The lowest BCUT2D eigenvalue weighted by Crippen LogP contribution is -2.21. The van der Waals surface area contributed by atoms with Crippen molar-refractivity contribution in [2.45, 2.75) is 6.18 Å². The Morgan fingerprint density at radius 1 is 0.812 bits per heavy atom. The molecule has 4 rings (SSSR count). The van der Waals surface area contributed by atoms with Crippen LogP contribution in [0.4, 0.5) is 13.2 Å². The van der Waals surface area contributed by atoms with Crippen molar-refractivity contribution in [2.24, 2.45) is 0 Å². The zero-order valence-electron chi connectivity index (χ0n) is 16.6. The molecule has 32 heavy (non-hydrogen) atoms. The third-order valence-corrected chi connectivity index (χ3v) is 4.31. The van der Waals surface area contributed by atoms with Crippen LogP contribution in [0.15, 0.2) is 97.1 Å². The second-order valence-corrected chi connectivity index (χ2v) is 6.56. The third kappa shape index (κ3) is 5.48. The number of aliphatic carboxylic acids is 1. The molecule has 4 aromatic rings. The highest BCUT2D eigenvalue weighted by Gasteiger charge is 2.38. The molecule has 1 aromatic heterocycles. The van der Waals surface area contributed by atoms with E-state index in [0.29, 0.717) is 0 Å². The summed E-state index contributed by atoms with van der Waals surface area (Å²) in [6, 6.07) is 32.1. The summed E-state index contributed by atoms with van der Waals surface area (Å²) in [5.41, 5.74) is 4.26. The lowest BCUT2D eigenvalue weighted by Gasteiger charge is -2.18. The van der Waals surface area contributed by atoms with Crippen molar-refractivity contribution in [3.8, 4) is 28.3 Å². The molecule has 0 spiro atoms. The van der Waals surface area contributed by atoms with Crippen LogP contribution >= 0.6 is 0 Å². The number of carboxylic acids is 1. The van der Waals surface area contributed by atoms with Crippen molar-refractivity contribution >= 4 is 5.97 Å². The highest BCUT2D eigenvalue weighted by atomic mass is 19.4. The number of benzene rings is 3. The number of alkyl halides is 3. The Bertz CT molecular complexity index is 1180. The molecule has 5 nitrogen and oxygen atoms in total. The Balaban J connectivity index is 0.000000360. The number of hydrogen-bond acceptors (Lipinski definition) is 3. The molecule has 0 radical (unpaired) electrons. The van der Waals surface area contributed by atoms with Crippen LogP contribution in [0.25, 0.3) is 28.3 Å². The number of nitrogens with zero attached hydrogens (tertiary/aromatic N) is 2. The zero-order valence-corrected chi connectivity index (χ0v) is 16.6. The first-order valence-corrected chi connectivity index (χ1v) is 9.42. The summed E-state index contributed by atoms with van der Waals surface area (Å²) in [4.78, 5) is 13.4. The van der Waals surface area contributed by atoms with Crippen LogP contribution in [-0.4, -0.2) is 26.8 Å². The molecule has 3 aromatic carbocycles. The van der Waals surface area contributed by atoms with Crippen LogP contribution in [0.2, 0.25) is 0 Å². The molecule has 0 saturated heterocycles. The summed E-state index contributed by atoms with van der Waals surface area (Å²) in [7, 11) is 0. The molecule has 0 aliphatic heterocycles. The molecule has 0 bridgehead atoms. The minimum atomic E-state index is -5.08. The molecule has 0 unspecified atom stereocenters. The van der Waals surface area contributed by atoms with E-state index in [-0.39, 0.29) is 5.49 Å². The van der Waals surface area contributed by atoms with Gasteiger partial charge in [0.2, 0.25) is 0 Å². The quantitative estimate of drug-likeness (QED) is 0.455. The van der Waals surface area contributed by atoms with Gasteiger partial charge < -0.3 is 5.11 Å². The van der Waals surface area contributed by atoms with Gasteiger partial charge in [0.15, 0.2) is 0 Å². The number of nitrogens with one attached hydrogen (secondary N) is 1. The second kappa shape index (κ2) is 9.74. The Morgan fingerprint density at radius 3 is 1.72 bits per heavy atom. The Morgan fingerprint density at radius 2 is 1.25 bits per heavy atom. The molecular formula is C24H18F3N3O2. The molecule has 0 fully saturated rings. The monoisotopic (exact) mass is 437 g/mol. The first kappa shape index (κ1) is 22.5. The summed E-state index contributed by atoms with van der Waals surface area (Å²) in [5, 5.41) is 15.3. The average Bonchev–Trinajstić information content (AvgIpc) is 2.80. The Hall–Kier alpha value is -4.20. The molecule has 0 aliphatic carbocycles. The van der Waals surface area contributed by atoms with E-state index in [4.69, 9.17) is 15.3 Å². The largest absolute Gasteiger partial charge is 0.490 e. The number of para-hydroxylation sites is 1. The van der Waals surface area contributed by atoms with E-state index in [9.17, 15) is 13.2 Å². The molecule has 0 amide bonds. The number of carboxylic acid groups (broad SMARTS) is 1. The lowest BCUT2D eigenvalue weighted by molar-refractivity contribution is -0.192. The molecule has 162 valence electrons. The maximum atomic E-state index is 10.6. The first-order valence-electron chi connectivity index (χ1n) is 9.42. The number of aromatic nitrogens is 2. The fourth-order valence-electron chi connectivity index (χ4n) is 2.95. The van der Waals surface area contributed by atoms with Gasteiger partial charge in [0.05, 0.1) is 5.69 Å². The zero-order chi connectivity index (χ0) is 23.1. The van der Waals surface area contributed by atoms with E-state index in [0.717, 1.165) is 28.3 Å². The van der Waals surface area contributed by atoms with E-state index in [1.54, 1.807) is 0 Å². The predicted octanol–water partition coefficient (Wildman–Crippen LogP) is 5.32. The SMILES string of the molecule is N=c1cc(-c2ccccc2)n(-c2ccccc2)c(-c2ccccc2)n1.O=C(O)C(F)(F)F. The van der Waals surface area contributed by atoms with Crippen LogP contribution in [-0.2, 0) is 4.79 Å². The van der Waals surface area contributed by atoms with Gasteiger partial charge in [-0.15, -0.1) is 0 Å². The van der Waals surface area contributed by atoms with Gasteiger partial charge in [0.25, 0.3) is 0 Å². The topological polar surface area (TPSA) is 79.0 Å². The number of halogens is 3. The number of carbonyl (C=O) groups is 1. The molecular weight excluding hydrogens is 419 g/mol. The average molecular weight is 437 g/mol. The van der Waals surface area contributed by atoms with Gasteiger partial charge in [-0.1, -0.05) is 78.9 Å². The van der Waals surface area contributed by atoms with Crippen molar-refractivity contribution < 1.29 is 23.1 Å². The Kier molecular flexibility index (Phi) is 6.84. The fraction of sp³-hybridized carbons (Fsp3) is 0.0417. The summed E-state index contributed by atoms with van der Waals surface area (Å²) in [6.45, 7) is 0. The van der Waals surface area contributed by atoms with E-state index >= 15 is 0 Å². The minimum Gasteiger partial charge on any atom is -0.475 e. The standard InChI is InChI=1S/C22H17N3.C2HF3O2/c23-21-16-20(17-10-4-1-5-11-17)25(19-14-8-3-9-15-19)22(24-21)18-12-6-2-7-13-18;3-2(4,5)1(6)7/h1-16,23H;(H,6,7). The molecule has 1 heterocycles. The van der Waals surface area contributed by atoms with Gasteiger partial charge in [-0.25, -0.2) is 9.78 Å². The highest BCUT2D eigenvalue weighted by molar-refractivity contribution is 5.73. The van der Waals surface area contributed by atoms with Crippen molar-refractivity contribution in [3.05, 3.63) is 103 Å². The summed E-state index contributed by atoms with van der Waals surface area (Å²) in [5.74, 6) is -1.99. The van der Waals surface area contributed by atoms with Crippen molar-refractivity contribution in [1.82, 2.24) is 9.55 Å². The summed E-state index contributed by atoms with van der Waals surface area (Å²) < 4.78 is 33.8. The second-order valence-electron chi connectivity index (χ2n) is 6.56. The van der Waals surface area contributed by atoms with Crippen molar-refractivity contribution in [1.29, 1.82) is 5.41 Å². The molecule has 0 saturated carbocycles. The van der Waals surface area contributed by atoms with Crippen LogP contribution < -0.4 is 5.49 Å². The van der Waals surface area contributed by atoms with Gasteiger partial charge in [-0.05, 0) is 17.7 Å². The van der Waals surface area contributed by atoms with Crippen LogP contribution in [0.5, 0.6) is 0 Å². The molecule has 0 aliphatic rings. The molecule has 8 heteroatoms. The predicted molar refractivity (Wildman–Crippen MR) is 114 cm³/mol. The van der Waals surface area contributed by atoms with Gasteiger partial charge in [0.1, 0.15) is 11.3 Å². The normalized spacial score (nSPS) is 10.7. The Labute approximate surface area is 181 Å². The van der Waals surface area contributed by atoms with Gasteiger partial charge in [0, 0.05) is 17.3 Å². The van der Waals surface area contributed by atoms with Crippen LogP contribution in [0.1, 0.15) is 0 Å². The maximum Gasteiger partial charge on any atom is 0.490 e. The summed E-state index contributed by atoms with van der Waals surface area (Å²) in [6.07, 6.45) is -5.08. The van der Waals surface area contributed by atoms with Gasteiger partial charge in [-0.2, -0.15) is 13.2 Å². The minimum absolute atomic E-state index is 0.255. The van der Waals surface area contributed by atoms with E-state index in [1.165, 1.54) is 0 Å². The lowest BCUT2D eigenvalue weighted by atomic mass is 10.1. The smallest absolute Gasteiger partial charge is 0.475 e. The van der Waals surface area contributed by atoms with E-state index < -0.39 is 12.1 Å². The third-order valence-electron chi connectivity index (χ3n) is 4.31. The van der Waals surface area contributed by atoms with Crippen molar-refractivity contribution in [2.75, 3.05) is 0 Å². The van der Waals surface area contributed by atoms with E-state index in [2.05, 4.69) is 33.8 Å². The first-order chi connectivity index (χ1) is 15.3. The number of rotatable bonds is 3. The van der Waals surface area contributed by atoms with Crippen LogP contribution in [0.3, 0.4) is 0 Å². The van der Waals surface area contributed by atoms with E-state index in [1.807, 2.05) is 72.8 Å². The van der Waals surface area contributed by atoms with Crippen molar-refractivity contribution in [3.63, 3.8) is 0 Å². The number of hydrogen-bond donors (Lipinski definition) is 2. The van der Waals surface area contributed by atoms with Crippen LogP contribution in [0, 0.1) is 5.41 Å². The molecule has 2 N–H and O–H groups in total. The summed E-state index contributed by atoms with van der Waals surface area (Å²) >= 11 is 0. The highest BCUT2D eigenvalue weighted by Crippen LogP contribution is 2.27. The fourth-order valence-corrected chi connectivity index (χ4v) is 2.95. The maximum absolute atomic E-state index is 10.6. The van der Waals surface area contributed by atoms with Gasteiger partial charge >= 0.3 is 12.1 Å².